The summed E-state index contributed by atoms with van der Waals surface area (Å²) in [5.41, 5.74) is 6.28. The molecule has 0 atom stereocenters. The van der Waals surface area contributed by atoms with Crippen molar-refractivity contribution in [2.75, 3.05) is 12.5 Å². The Kier molecular flexibility index (Phi) is 3.70. The second kappa shape index (κ2) is 6.00. The monoisotopic (exact) mass is 328 g/mol. The Morgan fingerprint density at radius 3 is 3.00 bits per heavy atom. The van der Waals surface area contributed by atoms with Crippen LogP contribution >= 0.6 is 11.8 Å². The lowest BCUT2D eigenvalue weighted by Crippen LogP contribution is -2.26. The molecule has 2 aliphatic heterocycles. The molecule has 0 spiro atoms. The van der Waals surface area contributed by atoms with Gasteiger partial charge >= 0.3 is 0 Å². The van der Waals surface area contributed by atoms with Crippen LogP contribution < -0.4 is 14.9 Å². The van der Waals surface area contributed by atoms with Crippen LogP contribution in [0.5, 0.6) is 11.5 Å². The zero-order chi connectivity index (χ0) is 15.6. The summed E-state index contributed by atoms with van der Waals surface area (Å²) in [5, 5.41) is 5.27. The third kappa shape index (κ3) is 2.92. The van der Waals surface area contributed by atoms with Crippen LogP contribution in [0.1, 0.15) is 11.3 Å². The van der Waals surface area contributed by atoms with Crippen molar-refractivity contribution in [2.24, 2.45) is 17.1 Å². The first kappa shape index (κ1) is 14.2. The van der Waals surface area contributed by atoms with E-state index in [-0.39, 0.29) is 0 Å². The third-order valence-electron chi connectivity index (χ3n) is 3.71. The Morgan fingerprint density at radius 2 is 2.22 bits per heavy atom. The summed E-state index contributed by atoms with van der Waals surface area (Å²) in [5.74, 6) is 2.39. The number of thioether (sulfide) groups is 1. The number of hydrazone groups is 1. The third-order valence-corrected chi connectivity index (χ3v) is 4.63. The summed E-state index contributed by atoms with van der Waals surface area (Å²) < 4.78 is 12.8. The van der Waals surface area contributed by atoms with Gasteiger partial charge in [0.15, 0.2) is 16.7 Å². The number of ether oxygens (including phenoxy) is 2. The summed E-state index contributed by atoms with van der Waals surface area (Å²) in [6, 6.07) is 9.98. The highest BCUT2D eigenvalue weighted by Crippen LogP contribution is 2.32. The number of amidine groups is 1. The van der Waals surface area contributed by atoms with Gasteiger partial charge in [-0.2, -0.15) is 5.10 Å². The van der Waals surface area contributed by atoms with Gasteiger partial charge in [0.25, 0.3) is 0 Å². The molecule has 0 saturated carbocycles. The van der Waals surface area contributed by atoms with Gasteiger partial charge in [-0.15, -0.1) is 0 Å². The van der Waals surface area contributed by atoms with E-state index in [4.69, 9.17) is 9.47 Å². The molecule has 118 valence electrons. The van der Waals surface area contributed by atoms with Crippen LogP contribution in [0.3, 0.4) is 0 Å². The average molecular weight is 328 g/mol. The molecule has 0 unspecified atom stereocenters. The molecule has 1 aromatic carbocycles. The van der Waals surface area contributed by atoms with Gasteiger partial charge in [-0.25, -0.2) is 0 Å². The molecule has 6 nitrogen and oxygen atoms in total. The number of rotatable bonds is 3. The molecule has 1 N–H and O–H groups in total. The smallest absolute Gasteiger partial charge is 0.231 e. The zero-order valence-corrected chi connectivity index (χ0v) is 13.5. The van der Waals surface area contributed by atoms with Gasteiger partial charge in [0.05, 0.1) is 18.0 Å². The highest BCUT2D eigenvalue weighted by atomic mass is 32.2. The molecule has 0 amide bonds. The highest BCUT2D eigenvalue weighted by molar-refractivity contribution is 8.14. The van der Waals surface area contributed by atoms with Crippen LogP contribution in [-0.2, 0) is 13.6 Å². The molecule has 3 heterocycles. The largest absolute Gasteiger partial charge is 0.454 e. The van der Waals surface area contributed by atoms with E-state index in [1.165, 1.54) is 0 Å². The zero-order valence-electron chi connectivity index (χ0n) is 12.7. The van der Waals surface area contributed by atoms with Gasteiger partial charge in [-0.3, -0.25) is 10.4 Å². The fourth-order valence-electron chi connectivity index (χ4n) is 2.49. The minimum Gasteiger partial charge on any atom is -0.454 e. The first-order valence-corrected chi connectivity index (χ1v) is 8.28. The first-order chi connectivity index (χ1) is 11.3. The molecule has 23 heavy (non-hydrogen) atoms. The maximum atomic E-state index is 5.38. The molecule has 1 aromatic heterocycles. The molecule has 2 aromatic rings. The van der Waals surface area contributed by atoms with E-state index in [0.717, 1.165) is 39.4 Å². The first-order valence-electron chi connectivity index (χ1n) is 7.29. The van der Waals surface area contributed by atoms with E-state index in [1.54, 1.807) is 11.8 Å². The van der Waals surface area contributed by atoms with E-state index < -0.39 is 0 Å². The van der Waals surface area contributed by atoms with Crippen LogP contribution in [0.25, 0.3) is 0 Å². The highest BCUT2D eigenvalue weighted by Gasteiger charge is 2.15. The van der Waals surface area contributed by atoms with E-state index in [2.05, 4.69) is 26.2 Å². The fraction of sp³-hybridized carbons (Fsp3) is 0.250. The fourth-order valence-corrected chi connectivity index (χ4v) is 3.24. The predicted molar refractivity (Wildman–Crippen MR) is 91.2 cm³/mol. The standard InChI is InChI=1S/C16H16N4O2S/c1-20-6-2-3-13(20)12-9-23-16(19-18-12)17-8-11-4-5-14-15(7-11)22-10-21-14/h2-7H,8-10H2,1H3,(H,17,19). The van der Waals surface area contributed by atoms with E-state index in [1.807, 2.05) is 37.5 Å². The van der Waals surface area contributed by atoms with Crippen LogP contribution in [0.2, 0.25) is 0 Å². The average Bonchev–Trinajstić information content (AvgIpc) is 3.21. The molecule has 4 rings (SSSR count). The number of aromatic nitrogens is 1. The van der Waals surface area contributed by atoms with Crippen LogP contribution in [0, 0.1) is 0 Å². The molecule has 0 saturated heterocycles. The van der Waals surface area contributed by atoms with Crippen LogP contribution in [0.15, 0.2) is 46.6 Å². The number of nitrogens with one attached hydrogen (secondary N) is 1. The number of aliphatic imine (C=N–C) groups is 1. The lowest BCUT2D eigenvalue weighted by molar-refractivity contribution is 0.174. The van der Waals surface area contributed by atoms with Crippen molar-refractivity contribution >= 4 is 22.6 Å². The number of benzene rings is 1. The molecule has 0 aliphatic carbocycles. The quantitative estimate of drug-likeness (QED) is 0.939. The van der Waals surface area contributed by atoms with Crippen molar-refractivity contribution in [3.05, 3.63) is 47.8 Å². The Labute approximate surface area is 138 Å². The maximum Gasteiger partial charge on any atom is 0.231 e. The van der Waals surface area contributed by atoms with Gasteiger partial charge in [0, 0.05) is 19.0 Å². The van der Waals surface area contributed by atoms with Crippen molar-refractivity contribution in [1.29, 1.82) is 0 Å². The molecule has 0 bridgehead atoms. The van der Waals surface area contributed by atoms with Gasteiger partial charge in [-0.05, 0) is 29.8 Å². The van der Waals surface area contributed by atoms with Crippen molar-refractivity contribution in [3.8, 4) is 11.5 Å². The van der Waals surface area contributed by atoms with E-state index in [0.29, 0.717) is 13.3 Å². The minimum absolute atomic E-state index is 0.293. The number of hydrogen-bond acceptors (Lipinski definition) is 5. The Hall–Kier alpha value is -2.41. The summed E-state index contributed by atoms with van der Waals surface area (Å²) in [6.07, 6.45) is 2.02. The number of aryl methyl sites for hydroxylation is 1. The molecule has 2 aliphatic rings. The summed E-state index contributed by atoms with van der Waals surface area (Å²) in [4.78, 5) is 4.58. The molecular weight excluding hydrogens is 312 g/mol. The summed E-state index contributed by atoms with van der Waals surface area (Å²) in [7, 11) is 2.02. The SMILES string of the molecule is Cn1cccc1C1=NNC(=NCc2ccc3c(c2)OCO3)SC1. The summed E-state index contributed by atoms with van der Waals surface area (Å²) >= 11 is 1.66. The maximum absolute atomic E-state index is 5.38. The van der Waals surface area contributed by atoms with Crippen LogP contribution in [-0.4, -0.2) is 28.0 Å². The topological polar surface area (TPSA) is 60.1 Å². The molecule has 0 radical (unpaired) electrons. The van der Waals surface area contributed by atoms with Crippen molar-refractivity contribution < 1.29 is 9.47 Å². The minimum atomic E-state index is 0.293. The molecule has 0 fully saturated rings. The second-order valence-corrected chi connectivity index (χ2v) is 6.24. The summed E-state index contributed by atoms with van der Waals surface area (Å²) in [6.45, 7) is 0.877. The normalized spacial score (nSPS) is 18.0. The van der Waals surface area contributed by atoms with Crippen molar-refractivity contribution in [2.45, 2.75) is 6.54 Å². The van der Waals surface area contributed by atoms with Gasteiger partial charge in [0.2, 0.25) is 6.79 Å². The van der Waals surface area contributed by atoms with E-state index in [9.17, 15) is 0 Å². The second-order valence-electron chi connectivity index (χ2n) is 5.27. The molecular formula is C16H16N4O2S. The number of hydrogen-bond donors (Lipinski definition) is 1. The lowest BCUT2D eigenvalue weighted by atomic mass is 10.2. The number of fused-ring (bicyclic) bond motifs is 1. The van der Waals surface area contributed by atoms with Crippen molar-refractivity contribution in [1.82, 2.24) is 9.99 Å². The Bertz CT molecular complexity index is 797. The van der Waals surface area contributed by atoms with Crippen LogP contribution in [0.4, 0.5) is 0 Å². The van der Waals surface area contributed by atoms with Gasteiger partial charge in [-0.1, -0.05) is 17.8 Å². The van der Waals surface area contributed by atoms with Crippen molar-refractivity contribution in [3.63, 3.8) is 0 Å². The Morgan fingerprint density at radius 1 is 1.30 bits per heavy atom. The van der Waals surface area contributed by atoms with Gasteiger partial charge in [0.1, 0.15) is 0 Å². The predicted octanol–water partition coefficient (Wildman–Crippen LogP) is 2.35. The van der Waals surface area contributed by atoms with E-state index >= 15 is 0 Å². The lowest BCUT2D eigenvalue weighted by Gasteiger charge is -2.15. The Balaban J connectivity index is 1.43. The van der Waals surface area contributed by atoms with Gasteiger partial charge < -0.3 is 14.0 Å². The molecule has 7 heteroatoms. The number of nitrogens with zero attached hydrogens (tertiary/aromatic N) is 3.